The van der Waals surface area contributed by atoms with Gasteiger partial charge in [0, 0.05) is 0 Å². The summed E-state index contributed by atoms with van der Waals surface area (Å²) in [7, 11) is -3.79. The van der Waals surface area contributed by atoms with Crippen molar-refractivity contribution in [2.24, 2.45) is 0 Å². The van der Waals surface area contributed by atoms with Crippen LogP contribution < -0.4 is 0 Å². The molecule has 5 heteroatoms. The van der Waals surface area contributed by atoms with Crippen LogP contribution in [0.5, 0.6) is 0 Å². The molecular formula is HO3SSe. The summed E-state index contributed by atoms with van der Waals surface area (Å²) in [6, 6.07) is 0. The molecule has 0 saturated heterocycles. The molecular weight excluding hydrogens is 159 g/mol. The molecule has 1 radical (unpaired) electrons. The normalized spacial score (nSPS) is 11.6. The molecule has 0 spiro atoms. The second-order valence-electron chi connectivity index (χ2n) is 0.428. The van der Waals surface area contributed by atoms with Crippen molar-refractivity contribution in [1.29, 1.82) is 0 Å². The van der Waals surface area contributed by atoms with Crippen molar-refractivity contribution in [3.8, 4) is 0 Å². The van der Waals surface area contributed by atoms with Crippen molar-refractivity contribution >= 4 is 23.4 Å². The van der Waals surface area contributed by atoms with Gasteiger partial charge in [-0.25, -0.2) is 0 Å². The van der Waals surface area contributed by atoms with Gasteiger partial charge in [-0.2, -0.15) is 0 Å². The molecule has 0 amide bonds. The third kappa shape index (κ3) is 142. The van der Waals surface area contributed by atoms with Gasteiger partial charge in [0.1, 0.15) is 0 Å². The molecule has 1 N–H and O–H groups in total. The Kier molecular flexibility index (Phi) is 1.37. The number of rotatable bonds is 0. The van der Waals surface area contributed by atoms with Gasteiger partial charge >= 0.3 is 36.4 Å². The zero-order valence-corrected chi connectivity index (χ0v) is 4.61. The molecule has 0 heterocycles. The van der Waals surface area contributed by atoms with Gasteiger partial charge in [0.2, 0.25) is 0 Å². The minimum atomic E-state index is -3.79. The molecule has 3 nitrogen and oxygen atoms in total. The van der Waals surface area contributed by atoms with E-state index < -0.39 is 8.54 Å². The molecule has 0 unspecified atom stereocenters. The molecule has 0 aliphatic carbocycles. The first-order valence-electron chi connectivity index (χ1n) is 0.683. The Bertz CT molecular complexity index is 90.1. The van der Waals surface area contributed by atoms with Crippen molar-refractivity contribution < 1.29 is 13.0 Å². The Morgan fingerprint density at radius 3 is 1.60 bits per heavy atom. The molecule has 0 rings (SSSR count). The summed E-state index contributed by atoms with van der Waals surface area (Å²) in [4.78, 5) is 0. The van der Waals surface area contributed by atoms with Crippen molar-refractivity contribution in [1.82, 2.24) is 0 Å². The van der Waals surface area contributed by atoms with Gasteiger partial charge in [0.25, 0.3) is 0 Å². The minimum absolute atomic E-state index is 1.51. The van der Waals surface area contributed by atoms with Crippen LogP contribution in [0.2, 0.25) is 0 Å². The van der Waals surface area contributed by atoms with Gasteiger partial charge in [-0.15, -0.1) is 0 Å². The number of hydrogen-bond donors (Lipinski definition) is 1. The average Bonchev–Trinajstić information content (AvgIpc) is 0.722. The molecule has 0 atom stereocenters. The SMILES string of the molecule is O=S(=O)(O)[Se]. The summed E-state index contributed by atoms with van der Waals surface area (Å²) < 4.78 is 25.7. The van der Waals surface area contributed by atoms with E-state index in [0.717, 1.165) is 0 Å². The van der Waals surface area contributed by atoms with E-state index in [0.29, 0.717) is 0 Å². The van der Waals surface area contributed by atoms with E-state index in [4.69, 9.17) is 13.0 Å². The van der Waals surface area contributed by atoms with Crippen molar-refractivity contribution in [2.45, 2.75) is 0 Å². The van der Waals surface area contributed by atoms with Gasteiger partial charge in [0.15, 0.2) is 0 Å². The Hall–Kier alpha value is 0.429. The summed E-state index contributed by atoms with van der Waals surface area (Å²) >= 11 is 1.51. The molecule has 0 bridgehead atoms. The summed E-state index contributed by atoms with van der Waals surface area (Å²) in [5.74, 6) is 0. The van der Waals surface area contributed by atoms with Gasteiger partial charge in [0.05, 0.1) is 0 Å². The molecule has 0 aliphatic heterocycles. The predicted molar refractivity (Wildman–Crippen MR) is 17.3 cm³/mol. The van der Waals surface area contributed by atoms with E-state index in [-0.39, 0.29) is 0 Å². The van der Waals surface area contributed by atoms with Crippen LogP contribution in [-0.2, 0) is 8.54 Å². The second-order valence-corrected chi connectivity index (χ2v) is 3.93. The molecule has 31 valence electrons. The summed E-state index contributed by atoms with van der Waals surface area (Å²) in [5.41, 5.74) is 0. The summed E-state index contributed by atoms with van der Waals surface area (Å²) in [5, 5.41) is 0. The second kappa shape index (κ2) is 1.26. The topological polar surface area (TPSA) is 54.4 Å². The van der Waals surface area contributed by atoms with Crippen LogP contribution in [0.25, 0.3) is 0 Å². The maximum atomic E-state index is 9.13. The predicted octanol–water partition coefficient (Wildman–Crippen LogP) is -1.04. The molecule has 0 aliphatic rings. The Morgan fingerprint density at radius 2 is 1.60 bits per heavy atom. The standard InChI is InChI=1S/HO3SSe/c1-4(2,3)5/h(H,1,2,3). The van der Waals surface area contributed by atoms with E-state index in [9.17, 15) is 0 Å². The number of hydrogen-bond acceptors (Lipinski definition) is 2. The molecule has 0 saturated carbocycles. The van der Waals surface area contributed by atoms with E-state index in [1.807, 2.05) is 0 Å². The van der Waals surface area contributed by atoms with Gasteiger partial charge in [-0.05, 0) is 0 Å². The Balaban J connectivity index is 4.06. The van der Waals surface area contributed by atoms with E-state index >= 15 is 0 Å². The van der Waals surface area contributed by atoms with Gasteiger partial charge < -0.3 is 0 Å². The third-order valence-corrected chi connectivity index (χ3v) is 0. The molecule has 5 heavy (non-hydrogen) atoms. The zero-order chi connectivity index (χ0) is 4.50. The fourth-order valence-electron chi connectivity index (χ4n) is 0. The Morgan fingerprint density at radius 1 is 1.60 bits per heavy atom. The fourth-order valence-corrected chi connectivity index (χ4v) is 0. The van der Waals surface area contributed by atoms with Crippen LogP contribution in [0.1, 0.15) is 0 Å². The monoisotopic (exact) mass is 161 g/mol. The van der Waals surface area contributed by atoms with Crippen LogP contribution >= 0.6 is 0 Å². The summed E-state index contributed by atoms with van der Waals surface area (Å²) in [6.45, 7) is 0. The van der Waals surface area contributed by atoms with Crippen LogP contribution in [-0.4, -0.2) is 27.9 Å². The van der Waals surface area contributed by atoms with Crippen LogP contribution in [0.3, 0.4) is 0 Å². The van der Waals surface area contributed by atoms with Crippen LogP contribution in [0, 0.1) is 0 Å². The zero-order valence-electron chi connectivity index (χ0n) is 2.08. The third-order valence-electron chi connectivity index (χ3n) is 0. The van der Waals surface area contributed by atoms with Gasteiger partial charge in [-0.1, -0.05) is 0 Å². The average molecular weight is 160 g/mol. The summed E-state index contributed by atoms with van der Waals surface area (Å²) in [6.07, 6.45) is 0. The molecule has 0 aromatic heterocycles. The van der Waals surface area contributed by atoms with Crippen LogP contribution in [0.4, 0.5) is 0 Å². The molecule has 0 aromatic rings. The van der Waals surface area contributed by atoms with Crippen molar-refractivity contribution in [2.75, 3.05) is 0 Å². The first kappa shape index (κ1) is 5.43. The van der Waals surface area contributed by atoms with E-state index in [2.05, 4.69) is 0 Å². The maximum absolute atomic E-state index is 9.13. The Labute approximate surface area is 37.0 Å². The van der Waals surface area contributed by atoms with Gasteiger partial charge in [-0.3, -0.25) is 0 Å². The van der Waals surface area contributed by atoms with E-state index in [1.54, 1.807) is 0 Å². The first-order valence-corrected chi connectivity index (χ1v) is 4.15. The first-order chi connectivity index (χ1) is 2.00. The van der Waals surface area contributed by atoms with E-state index in [1.165, 1.54) is 14.9 Å². The fraction of sp³-hybridized carbons (Fsp3) is 0. The van der Waals surface area contributed by atoms with Crippen molar-refractivity contribution in [3.63, 3.8) is 0 Å². The quantitative estimate of drug-likeness (QED) is 0.363. The van der Waals surface area contributed by atoms with Crippen molar-refractivity contribution in [3.05, 3.63) is 0 Å². The molecule has 0 aromatic carbocycles. The van der Waals surface area contributed by atoms with Crippen LogP contribution in [0.15, 0.2) is 0 Å². The molecule has 0 fully saturated rings.